The monoisotopic (exact) mass is 320 g/mol. The number of fused-ring (bicyclic) bond motifs is 2. The van der Waals surface area contributed by atoms with Crippen molar-refractivity contribution in [2.24, 2.45) is 11.8 Å². The van der Waals surface area contributed by atoms with Crippen LogP contribution in [0.2, 0.25) is 0 Å². The van der Waals surface area contributed by atoms with E-state index >= 15 is 0 Å². The minimum absolute atomic E-state index is 0.0363. The Morgan fingerprint density at radius 3 is 2.41 bits per heavy atom. The Morgan fingerprint density at radius 1 is 1.23 bits per heavy atom. The highest BCUT2D eigenvalue weighted by Gasteiger charge is 2.49. The molecule has 0 saturated heterocycles. The lowest BCUT2D eigenvalue weighted by Crippen LogP contribution is -2.35. The summed E-state index contributed by atoms with van der Waals surface area (Å²) < 4.78 is 19.7. The maximum atomic E-state index is 14.5. The predicted molar refractivity (Wildman–Crippen MR) is 79.3 cm³/mol. The van der Waals surface area contributed by atoms with Gasteiger partial charge in [-0.25, -0.2) is 4.39 Å². The lowest BCUT2D eigenvalue weighted by atomic mass is 9.75. The van der Waals surface area contributed by atoms with Crippen LogP contribution in [0.3, 0.4) is 0 Å². The second kappa shape index (κ2) is 5.73. The van der Waals surface area contributed by atoms with E-state index in [9.17, 15) is 14.0 Å². The van der Waals surface area contributed by atoms with E-state index in [1.54, 1.807) is 0 Å². The molecule has 0 N–H and O–H groups in total. The number of methoxy groups -OCH3 is 1. The number of Topliss-reactive ketones (excluding diaryl/α,β-unsaturated/α-hetero) is 2. The van der Waals surface area contributed by atoms with Crippen molar-refractivity contribution in [2.75, 3.05) is 7.11 Å². The molecule has 22 heavy (non-hydrogen) atoms. The van der Waals surface area contributed by atoms with Gasteiger partial charge in [0.1, 0.15) is 17.5 Å². The van der Waals surface area contributed by atoms with Gasteiger partial charge < -0.3 is 4.74 Å². The van der Waals surface area contributed by atoms with Gasteiger partial charge in [0.25, 0.3) is 0 Å². The third-order valence-electron chi connectivity index (χ3n) is 4.60. The lowest BCUT2D eigenvalue weighted by molar-refractivity contribution is -0.136. The van der Waals surface area contributed by atoms with Gasteiger partial charge >= 0.3 is 0 Å². The number of carbonyl (C=O) groups is 2. The molecular weight excluding hydrogens is 307 g/mol. The molecule has 2 fully saturated rings. The van der Waals surface area contributed by atoms with Crippen molar-refractivity contribution in [1.29, 1.82) is 0 Å². The molecule has 0 aliphatic heterocycles. The van der Waals surface area contributed by atoms with Crippen molar-refractivity contribution < 1.29 is 18.7 Å². The molecule has 0 amide bonds. The Kier molecular flexibility index (Phi) is 3.92. The minimum atomic E-state index is -1.06. The topological polar surface area (TPSA) is 43.4 Å². The number of carbonyl (C=O) groups excluding carboxylic acids is 2. The van der Waals surface area contributed by atoms with Gasteiger partial charge in [0.05, 0.1) is 7.11 Å². The summed E-state index contributed by atoms with van der Waals surface area (Å²) in [5.74, 6) is 0.337. The number of rotatable bonds is 2. The van der Waals surface area contributed by atoms with E-state index in [0.717, 1.165) is 0 Å². The van der Waals surface area contributed by atoms with Gasteiger partial charge in [-0.3, -0.25) is 9.59 Å². The molecule has 0 radical (unpaired) electrons. The largest absolute Gasteiger partial charge is 0.496 e. The molecule has 2 saturated carbocycles. The maximum absolute atomic E-state index is 14.5. The highest BCUT2D eigenvalue weighted by Crippen LogP contribution is 2.46. The molecule has 2 aliphatic rings. The van der Waals surface area contributed by atoms with Gasteiger partial charge in [0.15, 0.2) is 11.6 Å². The molecule has 2 aliphatic carbocycles. The van der Waals surface area contributed by atoms with Crippen LogP contribution in [-0.4, -0.2) is 18.7 Å². The second-order valence-corrected chi connectivity index (χ2v) is 5.93. The third-order valence-corrected chi connectivity index (χ3v) is 4.69. The average molecular weight is 321 g/mol. The summed E-state index contributed by atoms with van der Waals surface area (Å²) >= 11 is 5.33. The minimum Gasteiger partial charge on any atom is -0.496 e. The molecule has 1 aromatic carbocycles. The molecule has 0 spiro atoms. The predicted octanol–water partition coefficient (Wildman–Crippen LogP) is 3.03. The fourth-order valence-corrected chi connectivity index (χ4v) is 3.67. The number of hydrogen-bond acceptors (Lipinski definition) is 3. The lowest BCUT2D eigenvalue weighted by Gasteiger charge is -2.27. The summed E-state index contributed by atoms with van der Waals surface area (Å²) in [5.41, 5.74) is 0.376. The van der Waals surface area contributed by atoms with Crippen molar-refractivity contribution in [2.45, 2.75) is 25.2 Å². The number of hydrogen-bond donors (Lipinski definition) is 0. The van der Waals surface area contributed by atoms with Crippen molar-refractivity contribution in [3.05, 3.63) is 29.1 Å². The molecule has 2 atom stereocenters. The molecular formula is C17H14ClFO3. The first-order valence-corrected chi connectivity index (χ1v) is 7.51. The van der Waals surface area contributed by atoms with Crippen molar-refractivity contribution in [1.82, 2.24) is 0 Å². The van der Waals surface area contributed by atoms with Crippen LogP contribution in [0.15, 0.2) is 12.1 Å². The molecule has 3 rings (SSSR count). The van der Waals surface area contributed by atoms with E-state index in [0.29, 0.717) is 24.8 Å². The Labute approximate surface area is 132 Å². The number of benzene rings is 1. The normalized spacial score (nSPS) is 26.6. The van der Waals surface area contributed by atoms with Gasteiger partial charge in [0.2, 0.25) is 0 Å². The first-order valence-electron chi connectivity index (χ1n) is 7.13. The van der Waals surface area contributed by atoms with Crippen LogP contribution in [0.4, 0.5) is 4.39 Å². The maximum Gasteiger partial charge on any atom is 0.151 e. The Hall–Kier alpha value is -1.86. The number of halogens is 2. The quantitative estimate of drug-likeness (QED) is 0.621. The second-order valence-electron chi connectivity index (χ2n) is 5.74. The Morgan fingerprint density at radius 2 is 1.86 bits per heavy atom. The van der Waals surface area contributed by atoms with Crippen LogP contribution >= 0.6 is 11.6 Å². The van der Waals surface area contributed by atoms with E-state index in [4.69, 9.17) is 16.3 Å². The zero-order valence-corrected chi connectivity index (χ0v) is 12.7. The average Bonchev–Trinajstić information content (AvgIpc) is 2.94. The Balaban J connectivity index is 2.12. The first-order chi connectivity index (χ1) is 10.6. The molecule has 5 heteroatoms. The molecule has 0 aromatic heterocycles. The van der Waals surface area contributed by atoms with Crippen molar-refractivity contribution in [3.63, 3.8) is 0 Å². The smallest absolute Gasteiger partial charge is 0.151 e. The standard InChI is InChI=1S/C17H14ClFO3/c1-22-13-7-9(4-5-18)6-12(19)14(13)15-16(20)10-2-3-11(8-10)17(15)21/h6-7,10-11,15H,2-3,8H2,1H3. The van der Waals surface area contributed by atoms with Gasteiger partial charge in [0, 0.05) is 28.3 Å². The van der Waals surface area contributed by atoms with Gasteiger partial charge in [-0.15, -0.1) is 0 Å². The number of ether oxygens (including phenoxy) is 1. The molecule has 2 bridgehead atoms. The highest BCUT2D eigenvalue weighted by molar-refractivity contribution is 6.30. The summed E-state index contributed by atoms with van der Waals surface area (Å²) in [4.78, 5) is 25.1. The summed E-state index contributed by atoms with van der Waals surface area (Å²) in [7, 11) is 1.38. The third kappa shape index (κ3) is 2.30. The summed E-state index contributed by atoms with van der Waals surface area (Å²) in [6.45, 7) is 0. The molecule has 3 nitrogen and oxygen atoms in total. The van der Waals surface area contributed by atoms with Gasteiger partial charge in [-0.05, 0) is 48.9 Å². The van der Waals surface area contributed by atoms with Crippen LogP contribution in [0.1, 0.15) is 36.3 Å². The van der Waals surface area contributed by atoms with E-state index < -0.39 is 11.7 Å². The fourth-order valence-electron chi connectivity index (χ4n) is 3.56. The van der Waals surface area contributed by atoms with E-state index in [-0.39, 0.29) is 34.7 Å². The van der Waals surface area contributed by atoms with Crippen LogP contribution in [0.25, 0.3) is 0 Å². The van der Waals surface area contributed by atoms with Crippen molar-refractivity contribution >= 4 is 23.2 Å². The summed E-state index contributed by atoms with van der Waals surface area (Å²) in [6.07, 6.45) is 2.03. The summed E-state index contributed by atoms with van der Waals surface area (Å²) in [5, 5.41) is 2.17. The van der Waals surface area contributed by atoms with E-state index in [1.807, 2.05) is 0 Å². The fraction of sp³-hybridized carbons (Fsp3) is 0.412. The van der Waals surface area contributed by atoms with Gasteiger partial charge in [-0.1, -0.05) is 0 Å². The molecule has 0 heterocycles. The molecule has 114 valence electrons. The zero-order chi connectivity index (χ0) is 15.9. The van der Waals surface area contributed by atoms with Crippen LogP contribution < -0.4 is 4.74 Å². The highest BCUT2D eigenvalue weighted by atomic mass is 35.5. The summed E-state index contributed by atoms with van der Waals surface area (Å²) in [6, 6.07) is 2.69. The van der Waals surface area contributed by atoms with Crippen LogP contribution in [0, 0.1) is 29.0 Å². The zero-order valence-electron chi connectivity index (χ0n) is 12.0. The Bertz CT molecular complexity index is 695. The van der Waals surface area contributed by atoms with E-state index in [2.05, 4.69) is 11.3 Å². The molecule has 2 unspecified atom stereocenters. The molecule has 1 aromatic rings. The van der Waals surface area contributed by atoms with E-state index in [1.165, 1.54) is 19.2 Å². The number of ketones is 2. The van der Waals surface area contributed by atoms with Crippen LogP contribution in [-0.2, 0) is 9.59 Å². The van der Waals surface area contributed by atoms with Gasteiger partial charge in [-0.2, -0.15) is 0 Å². The van der Waals surface area contributed by atoms with Crippen molar-refractivity contribution in [3.8, 4) is 17.0 Å². The first kappa shape index (κ1) is 15.1. The van der Waals surface area contributed by atoms with Crippen LogP contribution in [0.5, 0.6) is 5.75 Å². The SMILES string of the molecule is COc1cc(C#CCl)cc(F)c1C1C(=O)C2CCC(C2)C1=O.